The molecule has 1 aromatic heterocycles. The predicted molar refractivity (Wildman–Crippen MR) is 83.9 cm³/mol. The minimum Gasteiger partial charge on any atom is -0.385 e. The first-order valence-corrected chi connectivity index (χ1v) is 7.07. The summed E-state index contributed by atoms with van der Waals surface area (Å²) in [6.45, 7) is 1.90. The molecule has 1 unspecified atom stereocenters. The van der Waals surface area contributed by atoms with Gasteiger partial charge in [-0.05, 0) is 11.6 Å². The summed E-state index contributed by atoms with van der Waals surface area (Å²) in [4.78, 5) is 29.5. The Balaban J connectivity index is 2.57. The number of likely N-dealkylation sites (N-methyl/N-ethyl adjacent to an activating group) is 3. The van der Waals surface area contributed by atoms with Crippen LogP contribution >= 0.6 is 0 Å². The van der Waals surface area contributed by atoms with Crippen LogP contribution in [0.1, 0.15) is 18.4 Å². The van der Waals surface area contributed by atoms with Crippen LogP contribution < -0.4 is 16.0 Å². The van der Waals surface area contributed by atoms with Crippen molar-refractivity contribution < 1.29 is 9.59 Å². The maximum absolute atomic E-state index is 12.8. The summed E-state index contributed by atoms with van der Waals surface area (Å²) < 4.78 is 0. The lowest BCUT2D eigenvalue weighted by Crippen LogP contribution is -2.39. The third-order valence-corrected chi connectivity index (χ3v) is 3.81. The Morgan fingerprint density at radius 2 is 1.55 bits per heavy atom. The molecule has 1 heterocycles. The fourth-order valence-corrected chi connectivity index (χ4v) is 2.66. The summed E-state index contributed by atoms with van der Waals surface area (Å²) >= 11 is 0. The first-order chi connectivity index (χ1) is 10.6. The summed E-state index contributed by atoms with van der Waals surface area (Å²) in [6, 6.07) is 3.71. The van der Waals surface area contributed by atoms with E-state index in [9.17, 15) is 9.59 Å². The van der Waals surface area contributed by atoms with Gasteiger partial charge in [-0.15, -0.1) is 0 Å². The van der Waals surface area contributed by atoms with Crippen molar-refractivity contribution in [3.05, 3.63) is 52.8 Å². The molecule has 1 aromatic rings. The van der Waals surface area contributed by atoms with E-state index in [2.05, 4.69) is 20.9 Å². The Morgan fingerprint density at radius 3 is 2.05 bits per heavy atom. The van der Waals surface area contributed by atoms with Crippen LogP contribution in [0.15, 0.2) is 47.2 Å². The van der Waals surface area contributed by atoms with Crippen molar-refractivity contribution >= 4 is 11.6 Å². The Bertz CT molecular complexity index is 662. The second kappa shape index (κ2) is 6.43. The maximum atomic E-state index is 12.8. The fourth-order valence-electron chi connectivity index (χ4n) is 2.66. The van der Waals surface area contributed by atoms with Crippen LogP contribution in [0.2, 0.25) is 0 Å². The van der Waals surface area contributed by atoms with Gasteiger partial charge in [0.05, 0.1) is 5.70 Å². The molecular weight excluding hydrogens is 280 g/mol. The molecule has 6 heteroatoms. The number of aromatic nitrogens is 1. The fraction of sp³-hybridized carbons (Fsp3) is 0.312. The molecule has 2 rings (SSSR count). The number of nitrogens with one attached hydrogen (secondary N) is 3. The highest BCUT2D eigenvalue weighted by molar-refractivity contribution is 6.25. The Morgan fingerprint density at radius 1 is 0.955 bits per heavy atom. The second-order valence-corrected chi connectivity index (χ2v) is 4.95. The minimum atomic E-state index is -0.241. The molecule has 0 spiro atoms. The van der Waals surface area contributed by atoms with Gasteiger partial charge in [-0.2, -0.15) is 0 Å². The lowest BCUT2D eigenvalue weighted by molar-refractivity contribution is -0.117. The standard InChI is InChI=1S/C16H20N4O2/c1-9(10-6-5-7-20-8-10)11-12(17-2)16(22)14(19-4)13(18-3)15(11)21/h5-9,17-19H,1-4H3. The molecule has 0 bridgehead atoms. The quantitative estimate of drug-likeness (QED) is 0.685. The summed E-state index contributed by atoms with van der Waals surface area (Å²) in [7, 11) is 4.91. The van der Waals surface area contributed by atoms with Crippen molar-refractivity contribution in [2.75, 3.05) is 21.1 Å². The van der Waals surface area contributed by atoms with Crippen molar-refractivity contribution in [3.63, 3.8) is 0 Å². The monoisotopic (exact) mass is 300 g/mol. The van der Waals surface area contributed by atoms with E-state index in [4.69, 9.17) is 0 Å². The van der Waals surface area contributed by atoms with Gasteiger partial charge >= 0.3 is 0 Å². The third-order valence-electron chi connectivity index (χ3n) is 3.81. The number of pyridine rings is 1. The van der Waals surface area contributed by atoms with Gasteiger partial charge in [0.25, 0.3) is 0 Å². The van der Waals surface area contributed by atoms with E-state index in [1.807, 2.05) is 19.1 Å². The van der Waals surface area contributed by atoms with Crippen molar-refractivity contribution in [1.29, 1.82) is 0 Å². The van der Waals surface area contributed by atoms with Gasteiger partial charge in [0, 0.05) is 45.0 Å². The van der Waals surface area contributed by atoms with Crippen LogP contribution in [0.25, 0.3) is 0 Å². The Labute approximate surface area is 129 Å². The van der Waals surface area contributed by atoms with E-state index in [-0.39, 0.29) is 28.9 Å². The van der Waals surface area contributed by atoms with Crippen molar-refractivity contribution in [2.45, 2.75) is 12.8 Å². The van der Waals surface area contributed by atoms with Crippen LogP contribution in [0, 0.1) is 0 Å². The van der Waals surface area contributed by atoms with Gasteiger partial charge in [-0.1, -0.05) is 13.0 Å². The number of ketones is 2. The lowest BCUT2D eigenvalue weighted by Gasteiger charge is -2.26. The molecule has 3 N–H and O–H groups in total. The van der Waals surface area contributed by atoms with Crippen LogP contribution in [0.5, 0.6) is 0 Å². The number of nitrogens with zero attached hydrogens (tertiary/aromatic N) is 1. The van der Waals surface area contributed by atoms with Crippen LogP contribution in [-0.2, 0) is 9.59 Å². The average Bonchev–Trinajstić information content (AvgIpc) is 2.55. The van der Waals surface area contributed by atoms with Gasteiger partial charge in [-0.3, -0.25) is 14.6 Å². The zero-order valence-corrected chi connectivity index (χ0v) is 13.2. The van der Waals surface area contributed by atoms with Crippen LogP contribution in [-0.4, -0.2) is 37.7 Å². The van der Waals surface area contributed by atoms with Gasteiger partial charge in [0.2, 0.25) is 11.6 Å². The number of Topliss-reactive ketones (excluding diaryl/α,β-unsaturated/α-hetero) is 2. The number of rotatable bonds is 5. The predicted octanol–water partition coefficient (Wildman–Crippen LogP) is 0.461. The molecule has 1 aliphatic carbocycles. The molecule has 0 saturated heterocycles. The molecular formula is C16H20N4O2. The normalized spacial score (nSPS) is 16.7. The summed E-state index contributed by atoms with van der Waals surface area (Å²) in [5.41, 5.74) is 2.22. The topological polar surface area (TPSA) is 83.1 Å². The third kappa shape index (κ3) is 2.47. The second-order valence-electron chi connectivity index (χ2n) is 4.95. The molecule has 1 atom stereocenters. The first kappa shape index (κ1) is 15.8. The number of hydrogen-bond donors (Lipinski definition) is 3. The molecule has 0 saturated carbocycles. The molecule has 6 nitrogen and oxygen atoms in total. The van der Waals surface area contributed by atoms with Gasteiger partial charge < -0.3 is 16.0 Å². The minimum absolute atomic E-state index is 0.188. The molecule has 0 aliphatic heterocycles. The summed E-state index contributed by atoms with van der Waals surface area (Å²) in [5.74, 6) is -0.652. The smallest absolute Gasteiger partial charge is 0.227 e. The first-order valence-electron chi connectivity index (χ1n) is 7.07. The number of allylic oxidation sites excluding steroid dienone is 1. The van der Waals surface area contributed by atoms with E-state index >= 15 is 0 Å². The highest BCUT2D eigenvalue weighted by Gasteiger charge is 2.36. The van der Waals surface area contributed by atoms with Crippen molar-refractivity contribution in [3.8, 4) is 0 Å². The van der Waals surface area contributed by atoms with E-state index in [0.29, 0.717) is 11.3 Å². The van der Waals surface area contributed by atoms with Gasteiger partial charge in [-0.25, -0.2) is 0 Å². The number of carbonyl (C=O) groups is 2. The summed E-state index contributed by atoms with van der Waals surface area (Å²) in [5, 5.41) is 8.52. The van der Waals surface area contributed by atoms with Crippen molar-refractivity contribution in [1.82, 2.24) is 20.9 Å². The van der Waals surface area contributed by atoms with Gasteiger partial charge in [0.15, 0.2) is 0 Å². The molecule has 22 heavy (non-hydrogen) atoms. The van der Waals surface area contributed by atoms with E-state index < -0.39 is 0 Å². The molecule has 116 valence electrons. The SMILES string of the molecule is CNC1=C(NC)C(=O)C(C(C)c2cccnc2)=C(NC)C1=O. The summed E-state index contributed by atoms with van der Waals surface area (Å²) in [6.07, 6.45) is 3.38. The van der Waals surface area contributed by atoms with E-state index in [0.717, 1.165) is 5.56 Å². The highest BCUT2D eigenvalue weighted by Crippen LogP contribution is 2.31. The van der Waals surface area contributed by atoms with Crippen LogP contribution in [0.3, 0.4) is 0 Å². The number of hydrogen-bond acceptors (Lipinski definition) is 6. The lowest BCUT2D eigenvalue weighted by atomic mass is 9.83. The molecule has 0 aromatic carbocycles. The largest absolute Gasteiger partial charge is 0.385 e. The molecule has 1 aliphatic rings. The zero-order valence-electron chi connectivity index (χ0n) is 13.2. The van der Waals surface area contributed by atoms with E-state index in [1.54, 1.807) is 33.5 Å². The highest BCUT2D eigenvalue weighted by atomic mass is 16.1. The Hall–Kier alpha value is -2.63. The van der Waals surface area contributed by atoms with E-state index in [1.165, 1.54) is 0 Å². The van der Waals surface area contributed by atoms with Crippen molar-refractivity contribution in [2.24, 2.45) is 0 Å². The maximum Gasteiger partial charge on any atom is 0.227 e. The average molecular weight is 300 g/mol. The Kier molecular flexibility index (Phi) is 4.60. The van der Waals surface area contributed by atoms with Crippen LogP contribution in [0.4, 0.5) is 0 Å². The van der Waals surface area contributed by atoms with Gasteiger partial charge in [0.1, 0.15) is 11.4 Å². The molecule has 0 amide bonds. The zero-order chi connectivity index (χ0) is 16.3. The number of carbonyl (C=O) groups excluding carboxylic acids is 2. The molecule has 0 radical (unpaired) electrons. The molecule has 0 fully saturated rings.